The van der Waals surface area contributed by atoms with Crippen LogP contribution in [0.15, 0.2) is 24.3 Å². The zero-order valence-corrected chi connectivity index (χ0v) is 12.0. The Morgan fingerprint density at radius 3 is 2.58 bits per heavy atom. The predicted octanol–water partition coefficient (Wildman–Crippen LogP) is 2.73. The highest BCUT2D eigenvalue weighted by Crippen LogP contribution is 2.20. The summed E-state index contributed by atoms with van der Waals surface area (Å²) in [6.45, 7) is 2.75. The van der Waals surface area contributed by atoms with Gasteiger partial charge in [0, 0.05) is 18.1 Å². The van der Waals surface area contributed by atoms with Gasteiger partial charge in [-0.15, -0.1) is 5.10 Å². The van der Waals surface area contributed by atoms with Crippen LogP contribution in [0.4, 0.5) is 5.13 Å². The van der Waals surface area contributed by atoms with Gasteiger partial charge < -0.3 is 4.90 Å². The molecule has 0 spiro atoms. The van der Waals surface area contributed by atoms with Crippen LogP contribution in [0.2, 0.25) is 5.02 Å². The molecule has 1 aromatic carbocycles. The number of aromatic nitrogens is 2. The smallest absolute Gasteiger partial charge is 0.207 e. The first kappa shape index (κ1) is 12.7. The van der Waals surface area contributed by atoms with Crippen molar-refractivity contribution in [3.05, 3.63) is 39.7 Å². The third-order valence-electron chi connectivity index (χ3n) is 3.25. The topological polar surface area (TPSA) is 44.9 Å². The number of hydrogen-bond donors (Lipinski definition) is 1. The molecule has 6 heteroatoms. The van der Waals surface area contributed by atoms with Gasteiger partial charge >= 0.3 is 0 Å². The molecule has 0 aliphatic carbocycles. The molecule has 1 saturated heterocycles. The highest BCUT2D eigenvalue weighted by atomic mass is 35.5. The number of benzene rings is 1. The lowest BCUT2D eigenvalue weighted by Crippen LogP contribution is -2.19. The average molecular weight is 295 g/mol. The van der Waals surface area contributed by atoms with Gasteiger partial charge in [-0.1, -0.05) is 35.1 Å². The van der Waals surface area contributed by atoms with Gasteiger partial charge in [0.1, 0.15) is 0 Å². The van der Waals surface area contributed by atoms with Gasteiger partial charge in [0.05, 0.1) is 6.54 Å². The molecule has 19 heavy (non-hydrogen) atoms. The number of anilines is 1. The largest absolute Gasteiger partial charge is 0.347 e. The van der Waals surface area contributed by atoms with Crippen LogP contribution in [0.3, 0.4) is 0 Å². The van der Waals surface area contributed by atoms with E-state index in [4.69, 9.17) is 17.0 Å². The van der Waals surface area contributed by atoms with Gasteiger partial charge in [0.2, 0.25) is 9.93 Å². The van der Waals surface area contributed by atoms with E-state index in [1.165, 1.54) is 24.2 Å². The SMILES string of the molecule is N=c1sc(N2CCCC2)nn1Cc1ccc(Cl)cc1. The minimum Gasteiger partial charge on any atom is -0.347 e. The third-order valence-corrected chi connectivity index (χ3v) is 4.43. The van der Waals surface area contributed by atoms with Gasteiger partial charge in [-0.05, 0) is 30.5 Å². The summed E-state index contributed by atoms with van der Waals surface area (Å²) in [5.74, 6) is 0. The maximum Gasteiger partial charge on any atom is 0.207 e. The van der Waals surface area contributed by atoms with Crippen molar-refractivity contribution in [2.24, 2.45) is 0 Å². The minimum absolute atomic E-state index is 0.497. The van der Waals surface area contributed by atoms with E-state index in [-0.39, 0.29) is 0 Å². The molecule has 1 aliphatic heterocycles. The Kier molecular flexibility index (Phi) is 3.57. The summed E-state index contributed by atoms with van der Waals surface area (Å²) in [6, 6.07) is 7.69. The highest BCUT2D eigenvalue weighted by Gasteiger charge is 2.16. The number of hydrogen-bond acceptors (Lipinski definition) is 4. The van der Waals surface area contributed by atoms with Gasteiger partial charge in [-0.3, -0.25) is 5.41 Å². The quantitative estimate of drug-likeness (QED) is 0.946. The normalized spacial score (nSPS) is 15.1. The molecule has 1 fully saturated rings. The Morgan fingerprint density at radius 1 is 1.21 bits per heavy atom. The first-order valence-corrected chi connectivity index (χ1v) is 7.54. The van der Waals surface area contributed by atoms with E-state index in [2.05, 4.69) is 10.00 Å². The highest BCUT2D eigenvalue weighted by molar-refractivity contribution is 7.12. The first-order valence-electron chi connectivity index (χ1n) is 6.34. The molecule has 2 aromatic rings. The molecule has 0 amide bonds. The van der Waals surface area contributed by atoms with Crippen LogP contribution in [-0.4, -0.2) is 22.9 Å². The van der Waals surface area contributed by atoms with Crippen LogP contribution < -0.4 is 9.70 Å². The van der Waals surface area contributed by atoms with Crippen LogP contribution in [0.1, 0.15) is 18.4 Å². The molecule has 0 bridgehead atoms. The predicted molar refractivity (Wildman–Crippen MR) is 78.0 cm³/mol. The molecular formula is C13H15ClN4S. The van der Waals surface area contributed by atoms with Gasteiger partial charge in [-0.25, -0.2) is 4.68 Å². The maximum atomic E-state index is 8.01. The number of nitrogens with one attached hydrogen (secondary N) is 1. The molecule has 2 heterocycles. The van der Waals surface area contributed by atoms with Crippen LogP contribution in [0.5, 0.6) is 0 Å². The van der Waals surface area contributed by atoms with Gasteiger partial charge in [-0.2, -0.15) is 0 Å². The van der Waals surface area contributed by atoms with Crippen molar-refractivity contribution in [2.45, 2.75) is 19.4 Å². The van der Waals surface area contributed by atoms with E-state index in [1.807, 2.05) is 24.3 Å². The second-order valence-electron chi connectivity index (χ2n) is 4.67. The number of nitrogens with zero attached hydrogens (tertiary/aromatic N) is 3. The fraction of sp³-hybridized carbons (Fsp3) is 0.385. The fourth-order valence-corrected chi connectivity index (χ4v) is 3.18. The Hall–Kier alpha value is -1.33. The minimum atomic E-state index is 0.497. The Labute approximate surface area is 120 Å². The number of halogens is 1. The van der Waals surface area contributed by atoms with Crippen molar-refractivity contribution >= 4 is 28.1 Å². The summed E-state index contributed by atoms with van der Waals surface area (Å²) < 4.78 is 1.75. The Balaban J connectivity index is 1.81. The maximum absolute atomic E-state index is 8.01. The molecule has 100 valence electrons. The van der Waals surface area contributed by atoms with Crippen LogP contribution >= 0.6 is 22.9 Å². The summed E-state index contributed by atoms with van der Waals surface area (Å²) >= 11 is 7.32. The summed E-state index contributed by atoms with van der Waals surface area (Å²) in [6.07, 6.45) is 2.45. The standard InChI is InChI=1S/C13H15ClN4S/c14-11-5-3-10(4-6-11)9-18-12(15)19-13(16-18)17-7-1-2-8-17/h3-6,15H,1-2,7-9H2. The van der Waals surface area contributed by atoms with Crippen LogP contribution in [0.25, 0.3) is 0 Å². The second-order valence-corrected chi connectivity index (χ2v) is 6.06. The molecule has 1 aromatic heterocycles. The molecule has 0 unspecified atom stereocenters. The molecule has 0 saturated carbocycles. The first-order chi connectivity index (χ1) is 9.22. The molecule has 1 aliphatic rings. The van der Waals surface area contributed by atoms with Crippen molar-refractivity contribution < 1.29 is 0 Å². The summed E-state index contributed by atoms with van der Waals surface area (Å²) in [5, 5.41) is 14.3. The van der Waals surface area contributed by atoms with E-state index in [0.29, 0.717) is 11.3 Å². The van der Waals surface area contributed by atoms with Gasteiger partial charge in [0.15, 0.2) is 0 Å². The van der Waals surface area contributed by atoms with Crippen molar-refractivity contribution in [3.8, 4) is 0 Å². The zero-order valence-electron chi connectivity index (χ0n) is 10.5. The van der Waals surface area contributed by atoms with E-state index in [1.54, 1.807) is 4.68 Å². The molecule has 3 rings (SSSR count). The van der Waals surface area contributed by atoms with Crippen molar-refractivity contribution in [1.82, 2.24) is 9.78 Å². The Bertz CT molecular complexity index is 610. The average Bonchev–Trinajstić information content (AvgIpc) is 3.03. The lowest BCUT2D eigenvalue weighted by Gasteiger charge is -2.11. The molecule has 0 atom stereocenters. The fourth-order valence-electron chi connectivity index (χ4n) is 2.21. The number of rotatable bonds is 3. The molecule has 4 nitrogen and oxygen atoms in total. The van der Waals surface area contributed by atoms with Gasteiger partial charge in [0.25, 0.3) is 0 Å². The summed E-state index contributed by atoms with van der Waals surface area (Å²) in [7, 11) is 0. The third kappa shape index (κ3) is 2.82. The van der Waals surface area contributed by atoms with E-state index in [0.717, 1.165) is 28.8 Å². The summed E-state index contributed by atoms with van der Waals surface area (Å²) in [4.78, 5) is 2.76. The lowest BCUT2D eigenvalue weighted by atomic mass is 10.2. The lowest BCUT2D eigenvalue weighted by molar-refractivity contribution is 0.645. The molecule has 0 radical (unpaired) electrons. The van der Waals surface area contributed by atoms with Crippen LogP contribution in [0, 0.1) is 5.41 Å². The second kappa shape index (κ2) is 5.35. The zero-order chi connectivity index (χ0) is 13.2. The van der Waals surface area contributed by atoms with E-state index in [9.17, 15) is 0 Å². The van der Waals surface area contributed by atoms with Crippen molar-refractivity contribution in [2.75, 3.05) is 18.0 Å². The monoisotopic (exact) mass is 294 g/mol. The van der Waals surface area contributed by atoms with Crippen LogP contribution in [-0.2, 0) is 6.54 Å². The Morgan fingerprint density at radius 2 is 1.89 bits per heavy atom. The van der Waals surface area contributed by atoms with Crippen molar-refractivity contribution in [1.29, 1.82) is 5.41 Å². The van der Waals surface area contributed by atoms with E-state index >= 15 is 0 Å². The van der Waals surface area contributed by atoms with Crippen molar-refractivity contribution in [3.63, 3.8) is 0 Å². The molecular weight excluding hydrogens is 280 g/mol. The van der Waals surface area contributed by atoms with E-state index < -0.39 is 0 Å². The summed E-state index contributed by atoms with van der Waals surface area (Å²) in [5.41, 5.74) is 1.11. The molecule has 1 N–H and O–H groups in total.